The number of benzene rings is 1. The van der Waals surface area contributed by atoms with Gasteiger partial charge in [-0.05, 0) is 18.6 Å². The summed E-state index contributed by atoms with van der Waals surface area (Å²) in [6.07, 6.45) is -2.92. The van der Waals surface area contributed by atoms with E-state index in [4.69, 9.17) is 5.73 Å². The van der Waals surface area contributed by atoms with Crippen LogP contribution in [0.5, 0.6) is 11.5 Å². The van der Waals surface area contributed by atoms with Gasteiger partial charge in [-0.3, -0.25) is 4.68 Å². The molecule has 8 heteroatoms. The number of rotatable bonds is 3. The topological polar surface area (TPSA) is 74.3 Å². The average Bonchev–Trinajstić information content (AvgIpc) is 2.86. The molecule has 6 nitrogen and oxygen atoms in total. The van der Waals surface area contributed by atoms with E-state index in [2.05, 4.69) is 19.9 Å². The Balaban J connectivity index is 1.89. The number of anilines is 3. The number of aryl methyl sites for hydroxylation is 2. The molecule has 1 aromatic carbocycles. The van der Waals surface area contributed by atoms with E-state index in [1.165, 1.54) is 12.1 Å². The molecule has 1 aromatic heterocycles. The van der Waals surface area contributed by atoms with Gasteiger partial charge in [-0.1, -0.05) is 6.92 Å². The fourth-order valence-corrected chi connectivity index (χ4v) is 2.17. The van der Waals surface area contributed by atoms with E-state index in [0.717, 1.165) is 5.69 Å². The van der Waals surface area contributed by atoms with Gasteiger partial charge >= 0.3 is 6.29 Å². The standard InChI is InChI=1S/C13H14F2N4O2/c1-3-8-11(16)12(19(2)18-8)17-7-4-5-9-10(6-7)21-13(14,15)20-9/h4-6,17H,3,16H2,1-2H3. The summed E-state index contributed by atoms with van der Waals surface area (Å²) in [6, 6.07) is 4.43. The second-order valence-corrected chi connectivity index (χ2v) is 4.64. The first-order valence-electron chi connectivity index (χ1n) is 6.38. The Hall–Kier alpha value is -2.51. The maximum atomic E-state index is 13.0. The minimum Gasteiger partial charge on any atom is -0.395 e. The monoisotopic (exact) mass is 296 g/mol. The van der Waals surface area contributed by atoms with Gasteiger partial charge in [0, 0.05) is 18.8 Å². The van der Waals surface area contributed by atoms with Crippen LogP contribution in [0.15, 0.2) is 18.2 Å². The predicted octanol–water partition coefficient (Wildman–Crippen LogP) is 2.63. The zero-order chi connectivity index (χ0) is 15.2. The number of alkyl halides is 2. The first-order valence-corrected chi connectivity index (χ1v) is 6.38. The van der Waals surface area contributed by atoms with Crippen LogP contribution in [0.3, 0.4) is 0 Å². The Kier molecular flexibility index (Phi) is 2.89. The third-order valence-electron chi connectivity index (χ3n) is 3.16. The normalized spacial score (nSPS) is 15.2. The molecule has 0 unspecified atom stereocenters. The summed E-state index contributed by atoms with van der Waals surface area (Å²) in [5.74, 6) is 0.566. The summed E-state index contributed by atoms with van der Waals surface area (Å²) in [4.78, 5) is 0. The number of nitrogen functional groups attached to an aromatic ring is 1. The maximum Gasteiger partial charge on any atom is 0.586 e. The van der Waals surface area contributed by atoms with Crippen molar-refractivity contribution < 1.29 is 18.3 Å². The fraction of sp³-hybridized carbons (Fsp3) is 0.308. The minimum absolute atomic E-state index is 0.00206. The Bertz CT molecular complexity index is 700. The van der Waals surface area contributed by atoms with Crippen LogP contribution >= 0.6 is 0 Å². The lowest BCUT2D eigenvalue weighted by atomic mass is 10.2. The molecule has 1 aliphatic rings. The molecule has 0 fully saturated rings. The van der Waals surface area contributed by atoms with E-state index < -0.39 is 6.29 Å². The van der Waals surface area contributed by atoms with Crippen molar-refractivity contribution in [1.82, 2.24) is 9.78 Å². The molecule has 0 saturated heterocycles. The van der Waals surface area contributed by atoms with E-state index in [1.54, 1.807) is 17.8 Å². The van der Waals surface area contributed by atoms with Crippen LogP contribution in [-0.2, 0) is 13.5 Å². The average molecular weight is 296 g/mol. The highest BCUT2D eigenvalue weighted by atomic mass is 19.3. The molecule has 2 heterocycles. The number of nitrogens with zero attached hydrogens (tertiary/aromatic N) is 2. The van der Waals surface area contributed by atoms with E-state index >= 15 is 0 Å². The summed E-state index contributed by atoms with van der Waals surface area (Å²) in [5, 5.41) is 7.32. The second kappa shape index (κ2) is 4.51. The third-order valence-corrected chi connectivity index (χ3v) is 3.16. The van der Waals surface area contributed by atoms with Crippen molar-refractivity contribution in [2.75, 3.05) is 11.1 Å². The van der Waals surface area contributed by atoms with Crippen LogP contribution in [0.4, 0.5) is 26.0 Å². The Labute approximate surface area is 119 Å². The highest BCUT2D eigenvalue weighted by Gasteiger charge is 2.43. The molecule has 3 rings (SSSR count). The number of halogens is 2. The first-order chi connectivity index (χ1) is 9.89. The maximum absolute atomic E-state index is 13.0. The van der Waals surface area contributed by atoms with Gasteiger partial charge in [0.2, 0.25) is 0 Å². The third kappa shape index (κ3) is 2.32. The molecule has 112 valence electrons. The van der Waals surface area contributed by atoms with Gasteiger partial charge in [0.25, 0.3) is 0 Å². The number of hydrogen-bond acceptors (Lipinski definition) is 5. The second-order valence-electron chi connectivity index (χ2n) is 4.64. The molecule has 0 atom stereocenters. The number of nitrogens with two attached hydrogens (primary N) is 1. The molecule has 0 radical (unpaired) electrons. The molecule has 3 N–H and O–H groups in total. The number of hydrogen-bond donors (Lipinski definition) is 2. The molecule has 0 spiro atoms. The molecule has 0 aliphatic carbocycles. The summed E-state index contributed by atoms with van der Waals surface area (Å²) < 4.78 is 36.3. The van der Waals surface area contributed by atoms with Gasteiger partial charge in [0.1, 0.15) is 0 Å². The largest absolute Gasteiger partial charge is 0.586 e. The number of aromatic nitrogens is 2. The predicted molar refractivity (Wildman–Crippen MR) is 72.9 cm³/mol. The van der Waals surface area contributed by atoms with Crippen LogP contribution < -0.4 is 20.5 Å². The molecule has 21 heavy (non-hydrogen) atoms. The molecular formula is C13H14F2N4O2. The van der Waals surface area contributed by atoms with Gasteiger partial charge in [-0.2, -0.15) is 5.10 Å². The smallest absolute Gasteiger partial charge is 0.395 e. The molecule has 1 aliphatic heterocycles. The van der Waals surface area contributed by atoms with Crippen molar-refractivity contribution >= 4 is 17.2 Å². The van der Waals surface area contributed by atoms with Crippen molar-refractivity contribution in [2.24, 2.45) is 7.05 Å². The summed E-state index contributed by atoms with van der Waals surface area (Å²) in [5.41, 5.74) is 7.85. The molecule has 0 amide bonds. The summed E-state index contributed by atoms with van der Waals surface area (Å²) in [7, 11) is 1.75. The van der Waals surface area contributed by atoms with Crippen LogP contribution in [-0.4, -0.2) is 16.1 Å². The van der Waals surface area contributed by atoms with Crippen molar-refractivity contribution in [3.63, 3.8) is 0 Å². The molecule has 0 bridgehead atoms. The lowest BCUT2D eigenvalue weighted by Gasteiger charge is -2.08. The SMILES string of the molecule is CCc1nn(C)c(Nc2ccc3c(c2)OC(F)(F)O3)c1N. The first kappa shape index (κ1) is 13.5. The van der Waals surface area contributed by atoms with Gasteiger partial charge < -0.3 is 20.5 Å². The van der Waals surface area contributed by atoms with Gasteiger partial charge in [-0.15, -0.1) is 8.78 Å². The highest BCUT2D eigenvalue weighted by Crippen LogP contribution is 2.42. The summed E-state index contributed by atoms with van der Waals surface area (Å²) in [6.45, 7) is 1.95. The zero-order valence-corrected chi connectivity index (χ0v) is 11.5. The van der Waals surface area contributed by atoms with Crippen molar-refractivity contribution in [1.29, 1.82) is 0 Å². The quantitative estimate of drug-likeness (QED) is 0.910. The summed E-state index contributed by atoms with van der Waals surface area (Å²) >= 11 is 0. The van der Waals surface area contributed by atoms with E-state index in [0.29, 0.717) is 23.6 Å². The van der Waals surface area contributed by atoms with Crippen molar-refractivity contribution in [3.8, 4) is 11.5 Å². The Morgan fingerprint density at radius 2 is 2.05 bits per heavy atom. The molecular weight excluding hydrogens is 282 g/mol. The minimum atomic E-state index is -3.62. The highest BCUT2D eigenvalue weighted by molar-refractivity contribution is 5.72. The fourth-order valence-electron chi connectivity index (χ4n) is 2.17. The van der Waals surface area contributed by atoms with Crippen LogP contribution in [0.2, 0.25) is 0 Å². The van der Waals surface area contributed by atoms with Crippen LogP contribution in [0.1, 0.15) is 12.6 Å². The van der Waals surface area contributed by atoms with Crippen molar-refractivity contribution in [3.05, 3.63) is 23.9 Å². The van der Waals surface area contributed by atoms with Crippen LogP contribution in [0.25, 0.3) is 0 Å². The molecule has 0 saturated carbocycles. The lowest BCUT2D eigenvalue weighted by Crippen LogP contribution is -2.25. The molecule has 2 aromatic rings. The Morgan fingerprint density at radius 3 is 2.71 bits per heavy atom. The van der Waals surface area contributed by atoms with E-state index in [1.807, 2.05) is 6.92 Å². The van der Waals surface area contributed by atoms with E-state index in [-0.39, 0.29) is 11.5 Å². The van der Waals surface area contributed by atoms with Gasteiger partial charge in [-0.25, -0.2) is 0 Å². The van der Waals surface area contributed by atoms with Gasteiger partial charge in [0.15, 0.2) is 17.3 Å². The number of nitrogens with one attached hydrogen (secondary N) is 1. The van der Waals surface area contributed by atoms with Crippen molar-refractivity contribution in [2.45, 2.75) is 19.6 Å². The lowest BCUT2D eigenvalue weighted by molar-refractivity contribution is -0.286. The van der Waals surface area contributed by atoms with Gasteiger partial charge in [0.05, 0.1) is 11.4 Å². The van der Waals surface area contributed by atoms with Crippen LogP contribution in [0, 0.1) is 0 Å². The van der Waals surface area contributed by atoms with E-state index in [9.17, 15) is 8.78 Å². The number of fused-ring (bicyclic) bond motifs is 1. The number of ether oxygens (including phenoxy) is 2. The zero-order valence-electron chi connectivity index (χ0n) is 11.5. The Morgan fingerprint density at radius 1 is 1.33 bits per heavy atom.